The second-order valence-corrected chi connectivity index (χ2v) is 10.9. The van der Waals surface area contributed by atoms with Gasteiger partial charge in [-0.25, -0.2) is 0 Å². The molecule has 0 bridgehead atoms. The zero-order valence-electron chi connectivity index (χ0n) is 19.9. The van der Waals surface area contributed by atoms with Crippen LogP contribution in [0.4, 0.5) is 5.69 Å². The molecular weight excluding hydrogens is 400 g/mol. The molecule has 0 radical (unpaired) electrons. The SMILES string of the molecule is C=C1CCC[C@]2(C)C[C@H]3OC(=O)C(CN4CCN(c5cccc(OC)c5)C(C)C4)[C@H]3C[C@@H]12. The van der Waals surface area contributed by atoms with Crippen LogP contribution in [-0.4, -0.2) is 56.3 Å². The van der Waals surface area contributed by atoms with Gasteiger partial charge in [0.25, 0.3) is 0 Å². The van der Waals surface area contributed by atoms with Crippen LogP contribution in [0.5, 0.6) is 5.75 Å². The number of ether oxygens (including phenoxy) is 2. The summed E-state index contributed by atoms with van der Waals surface area (Å²) in [5, 5.41) is 0. The predicted molar refractivity (Wildman–Crippen MR) is 127 cm³/mol. The molecule has 2 saturated heterocycles. The summed E-state index contributed by atoms with van der Waals surface area (Å²) in [5.74, 6) is 1.84. The molecule has 0 aromatic heterocycles. The normalized spacial score (nSPS) is 37.6. The van der Waals surface area contributed by atoms with Crippen molar-refractivity contribution in [2.75, 3.05) is 38.2 Å². The van der Waals surface area contributed by atoms with Gasteiger partial charge in [-0.1, -0.05) is 25.1 Å². The molecule has 0 N–H and O–H groups in total. The third-order valence-electron chi connectivity index (χ3n) is 8.87. The maximum absolute atomic E-state index is 12.9. The van der Waals surface area contributed by atoms with E-state index in [9.17, 15) is 4.79 Å². The first-order chi connectivity index (χ1) is 15.4. The van der Waals surface area contributed by atoms with Gasteiger partial charge in [-0.3, -0.25) is 9.69 Å². The van der Waals surface area contributed by atoms with Gasteiger partial charge in [-0.2, -0.15) is 0 Å². The molecule has 174 valence electrons. The van der Waals surface area contributed by atoms with Gasteiger partial charge in [-0.15, -0.1) is 0 Å². The number of piperazine rings is 1. The van der Waals surface area contributed by atoms with E-state index >= 15 is 0 Å². The number of rotatable bonds is 4. The van der Waals surface area contributed by atoms with Crippen molar-refractivity contribution in [1.29, 1.82) is 0 Å². The van der Waals surface area contributed by atoms with E-state index in [2.05, 4.69) is 48.4 Å². The van der Waals surface area contributed by atoms with Gasteiger partial charge in [0.05, 0.1) is 13.0 Å². The number of hydrogen-bond acceptors (Lipinski definition) is 5. The van der Waals surface area contributed by atoms with Crippen molar-refractivity contribution < 1.29 is 14.3 Å². The van der Waals surface area contributed by atoms with Crippen LogP contribution in [0.25, 0.3) is 0 Å². The Labute approximate surface area is 192 Å². The van der Waals surface area contributed by atoms with Crippen molar-refractivity contribution in [3.8, 4) is 5.75 Å². The van der Waals surface area contributed by atoms with E-state index in [1.165, 1.54) is 24.1 Å². The predicted octanol–water partition coefficient (Wildman–Crippen LogP) is 4.52. The second-order valence-electron chi connectivity index (χ2n) is 10.9. The van der Waals surface area contributed by atoms with Crippen molar-refractivity contribution in [1.82, 2.24) is 4.90 Å². The molecule has 0 amide bonds. The van der Waals surface area contributed by atoms with Gasteiger partial charge in [0, 0.05) is 49.9 Å². The van der Waals surface area contributed by atoms with E-state index in [1.54, 1.807) is 7.11 Å². The van der Waals surface area contributed by atoms with Crippen LogP contribution < -0.4 is 9.64 Å². The zero-order valence-corrected chi connectivity index (χ0v) is 19.9. The standard InChI is InChI=1S/C27H38N2O3/c1-18-7-6-10-27(3)15-25-22(14-24(18)27)23(26(30)32-25)17-28-11-12-29(19(2)16-28)20-8-5-9-21(13-20)31-4/h5,8-9,13,19,22-25H,1,6-7,10-12,14-17H2,2-4H3/t19?,22-,23?,24+,25-,27-/m1/s1. The molecule has 2 unspecified atom stereocenters. The van der Waals surface area contributed by atoms with E-state index < -0.39 is 0 Å². The van der Waals surface area contributed by atoms with E-state index in [1.807, 2.05) is 6.07 Å². The van der Waals surface area contributed by atoms with Gasteiger partial charge in [-0.05, 0) is 62.5 Å². The lowest BCUT2D eigenvalue weighted by atomic mass is 9.55. The Morgan fingerprint density at radius 3 is 2.94 bits per heavy atom. The number of carbonyl (C=O) groups excluding carboxylic acids is 1. The minimum absolute atomic E-state index is 0.00912. The third-order valence-corrected chi connectivity index (χ3v) is 8.87. The molecule has 6 atom stereocenters. The number of methoxy groups -OCH3 is 1. The molecule has 5 rings (SSSR count). The van der Waals surface area contributed by atoms with Gasteiger partial charge >= 0.3 is 5.97 Å². The molecule has 4 fully saturated rings. The highest BCUT2D eigenvalue weighted by Gasteiger charge is 2.55. The van der Waals surface area contributed by atoms with Gasteiger partial charge in [0.1, 0.15) is 11.9 Å². The number of benzene rings is 1. The monoisotopic (exact) mass is 438 g/mol. The summed E-state index contributed by atoms with van der Waals surface area (Å²) in [7, 11) is 1.71. The van der Waals surface area contributed by atoms with E-state index in [0.717, 1.165) is 51.2 Å². The molecule has 2 aliphatic heterocycles. The van der Waals surface area contributed by atoms with Crippen LogP contribution in [-0.2, 0) is 9.53 Å². The minimum atomic E-state index is 0.00912. The first-order valence-corrected chi connectivity index (χ1v) is 12.4. The summed E-state index contributed by atoms with van der Waals surface area (Å²) in [4.78, 5) is 17.9. The van der Waals surface area contributed by atoms with Crippen LogP contribution in [0, 0.1) is 23.2 Å². The number of allylic oxidation sites excluding steroid dienone is 1. The zero-order chi connectivity index (χ0) is 22.5. The fourth-order valence-corrected chi connectivity index (χ4v) is 7.11. The van der Waals surface area contributed by atoms with Crippen molar-refractivity contribution >= 4 is 11.7 Å². The van der Waals surface area contributed by atoms with Crippen LogP contribution in [0.1, 0.15) is 46.0 Å². The fraction of sp³-hybridized carbons (Fsp3) is 0.667. The highest BCUT2D eigenvalue weighted by atomic mass is 16.6. The lowest BCUT2D eigenvalue weighted by molar-refractivity contribution is -0.146. The topological polar surface area (TPSA) is 42.0 Å². The summed E-state index contributed by atoms with van der Waals surface area (Å²) in [5.41, 5.74) is 2.89. The molecule has 2 saturated carbocycles. The van der Waals surface area contributed by atoms with Crippen molar-refractivity contribution in [2.24, 2.45) is 23.2 Å². The van der Waals surface area contributed by atoms with Gasteiger partial charge in [0.15, 0.2) is 0 Å². The molecule has 1 aromatic carbocycles. The van der Waals surface area contributed by atoms with Crippen molar-refractivity contribution in [2.45, 2.75) is 58.1 Å². The average Bonchev–Trinajstić information content (AvgIpc) is 3.06. The third kappa shape index (κ3) is 3.83. The summed E-state index contributed by atoms with van der Waals surface area (Å²) in [6.07, 6.45) is 5.83. The Morgan fingerprint density at radius 1 is 1.31 bits per heavy atom. The average molecular weight is 439 g/mol. The Hall–Kier alpha value is -2.01. The van der Waals surface area contributed by atoms with E-state index in [0.29, 0.717) is 17.9 Å². The summed E-state index contributed by atoms with van der Waals surface area (Å²) in [6.45, 7) is 12.8. The number of hydrogen-bond donors (Lipinski definition) is 0. The smallest absolute Gasteiger partial charge is 0.310 e. The summed E-state index contributed by atoms with van der Waals surface area (Å²) >= 11 is 0. The number of esters is 1. The first kappa shape index (κ1) is 21.8. The van der Waals surface area contributed by atoms with E-state index in [-0.39, 0.29) is 23.4 Å². The first-order valence-electron chi connectivity index (χ1n) is 12.4. The Bertz CT molecular complexity index is 885. The molecule has 2 aliphatic carbocycles. The molecule has 5 heteroatoms. The molecule has 2 heterocycles. The molecule has 0 spiro atoms. The lowest BCUT2D eigenvalue weighted by Gasteiger charge is -2.50. The Kier molecular flexibility index (Phi) is 5.73. The number of nitrogens with zero attached hydrogens (tertiary/aromatic N) is 2. The van der Waals surface area contributed by atoms with Crippen molar-refractivity contribution in [3.05, 3.63) is 36.4 Å². The van der Waals surface area contributed by atoms with E-state index in [4.69, 9.17) is 9.47 Å². The fourth-order valence-electron chi connectivity index (χ4n) is 7.11. The molecular formula is C27H38N2O3. The molecule has 32 heavy (non-hydrogen) atoms. The number of fused-ring (bicyclic) bond motifs is 2. The highest BCUT2D eigenvalue weighted by Crippen LogP contribution is 2.57. The lowest BCUT2D eigenvalue weighted by Crippen LogP contribution is -2.54. The Morgan fingerprint density at radius 2 is 2.16 bits per heavy atom. The Balaban J connectivity index is 1.25. The van der Waals surface area contributed by atoms with Crippen LogP contribution >= 0.6 is 0 Å². The van der Waals surface area contributed by atoms with Crippen LogP contribution in [0.2, 0.25) is 0 Å². The highest BCUT2D eigenvalue weighted by molar-refractivity contribution is 5.75. The number of carbonyl (C=O) groups is 1. The summed E-state index contributed by atoms with van der Waals surface area (Å²) in [6, 6.07) is 8.70. The van der Waals surface area contributed by atoms with Gasteiger partial charge < -0.3 is 14.4 Å². The minimum Gasteiger partial charge on any atom is -0.497 e. The maximum Gasteiger partial charge on any atom is 0.310 e. The van der Waals surface area contributed by atoms with Crippen LogP contribution in [0.3, 0.4) is 0 Å². The number of anilines is 1. The molecule has 1 aromatic rings. The maximum atomic E-state index is 12.9. The van der Waals surface area contributed by atoms with Gasteiger partial charge in [0.2, 0.25) is 0 Å². The largest absolute Gasteiger partial charge is 0.497 e. The van der Waals surface area contributed by atoms with Crippen molar-refractivity contribution in [3.63, 3.8) is 0 Å². The summed E-state index contributed by atoms with van der Waals surface area (Å²) < 4.78 is 11.4. The second kappa shape index (κ2) is 8.40. The van der Waals surface area contributed by atoms with Crippen LogP contribution in [0.15, 0.2) is 36.4 Å². The quantitative estimate of drug-likeness (QED) is 0.511. The molecule has 4 aliphatic rings. The molecule has 5 nitrogen and oxygen atoms in total.